The molecule has 0 unspecified atom stereocenters. The van der Waals surface area contributed by atoms with Crippen LogP contribution in [-0.2, 0) is 9.59 Å². The molecule has 6 heteroatoms. The van der Waals surface area contributed by atoms with Crippen LogP contribution in [0.4, 0.5) is 5.69 Å². The van der Waals surface area contributed by atoms with Crippen LogP contribution in [0, 0.1) is 6.92 Å². The maximum atomic E-state index is 12.0. The number of carbonyl (C=O) groups is 2. The lowest BCUT2D eigenvalue weighted by molar-refractivity contribution is -0.121. The molecule has 0 saturated carbocycles. The summed E-state index contributed by atoms with van der Waals surface area (Å²) in [4.78, 5) is 22.9. The monoisotopic (exact) mass is 261 g/mol. The number of ether oxygens (including phenoxy) is 1. The highest BCUT2D eigenvalue weighted by molar-refractivity contribution is 6.43. The number of nitrogens with zero attached hydrogens (tertiary/aromatic N) is 1. The molecule has 0 spiro atoms. The van der Waals surface area contributed by atoms with Crippen molar-refractivity contribution in [1.82, 2.24) is 5.43 Å². The van der Waals surface area contributed by atoms with Crippen LogP contribution in [0.3, 0.4) is 0 Å². The van der Waals surface area contributed by atoms with E-state index in [1.54, 1.807) is 19.2 Å². The van der Waals surface area contributed by atoms with Gasteiger partial charge < -0.3 is 10.1 Å². The zero-order chi connectivity index (χ0) is 13.8. The SMILES string of the molecule is COc1ccc(NC(=O)C2=NNC(=O)CC2)c(C)c1. The summed E-state index contributed by atoms with van der Waals surface area (Å²) in [6.07, 6.45) is 0.640. The summed E-state index contributed by atoms with van der Waals surface area (Å²) in [5.41, 5.74) is 4.22. The predicted molar refractivity (Wildman–Crippen MR) is 71.2 cm³/mol. The smallest absolute Gasteiger partial charge is 0.271 e. The quantitative estimate of drug-likeness (QED) is 0.858. The minimum atomic E-state index is -0.298. The first kappa shape index (κ1) is 13.1. The molecule has 1 aliphatic heterocycles. The first-order valence-electron chi connectivity index (χ1n) is 5.91. The van der Waals surface area contributed by atoms with Gasteiger partial charge in [0.15, 0.2) is 0 Å². The Morgan fingerprint density at radius 2 is 2.21 bits per heavy atom. The van der Waals surface area contributed by atoms with Gasteiger partial charge in [-0.15, -0.1) is 0 Å². The Hall–Kier alpha value is -2.37. The van der Waals surface area contributed by atoms with Gasteiger partial charge in [0.2, 0.25) is 5.91 Å². The summed E-state index contributed by atoms with van der Waals surface area (Å²) in [6.45, 7) is 1.88. The standard InChI is InChI=1S/C13H15N3O3/c1-8-7-9(19-2)3-4-10(8)14-13(18)11-5-6-12(17)16-15-11/h3-4,7H,5-6H2,1-2H3,(H,14,18)(H,16,17). The van der Waals surface area contributed by atoms with E-state index < -0.39 is 0 Å². The molecule has 2 N–H and O–H groups in total. The van der Waals surface area contributed by atoms with Crippen LogP contribution in [-0.4, -0.2) is 24.6 Å². The van der Waals surface area contributed by atoms with Crippen LogP contribution in [0.2, 0.25) is 0 Å². The van der Waals surface area contributed by atoms with E-state index in [1.165, 1.54) is 0 Å². The van der Waals surface area contributed by atoms with Crippen molar-refractivity contribution in [2.24, 2.45) is 5.10 Å². The Kier molecular flexibility index (Phi) is 3.79. The molecule has 0 aromatic heterocycles. The fourth-order valence-corrected chi connectivity index (χ4v) is 1.74. The number of benzene rings is 1. The average Bonchev–Trinajstić information content (AvgIpc) is 2.41. The van der Waals surface area contributed by atoms with E-state index in [-0.39, 0.29) is 18.2 Å². The third kappa shape index (κ3) is 3.09. The number of nitrogens with one attached hydrogen (secondary N) is 2. The molecule has 0 radical (unpaired) electrons. The number of amides is 2. The van der Waals surface area contributed by atoms with Gasteiger partial charge in [-0.25, -0.2) is 5.43 Å². The second kappa shape index (κ2) is 5.51. The molecule has 100 valence electrons. The van der Waals surface area contributed by atoms with E-state index in [9.17, 15) is 9.59 Å². The van der Waals surface area contributed by atoms with Crippen molar-refractivity contribution < 1.29 is 14.3 Å². The third-order valence-electron chi connectivity index (χ3n) is 2.85. The van der Waals surface area contributed by atoms with Gasteiger partial charge in [0.05, 0.1) is 7.11 Å². The van der Waals surface area contributed by atoms with Crippen molar-refractivity contribution in [2.45, 2.75) is 19.8 Å². The number of methoxy groups -OCH3 is 1. The molecule has 2 rings (SSSR count). The fraction of sp³-hybridized carbons (Fsp3) is 0.308. The van der Waals surface area contributed by atoms with E-state index in [0.717, 1.165) is 11.3 Å². The van der Waals surface area contributed by atoms with Gasteiger partial charge in [0.25, 0.3) is 5.91 Å². The molecular weight excluding hydrogens is 246 g/mol. The Labute approximate surface area is 110 Å². The van der Waals surface area contributed by atoms with E-state index in [2.05, 4.69) is 15.8 Å². The summed E-state index contributed by atoms with van der Waals surface area (Å²) in [6, 6.07) is 5.38. The van der Waals surface area contributed by atoms with Crippen molar-refractivity contribution in [3.8, 4) is 5.75 Å². The van der Waals surface area contributed by atoms with Crippen molar-refractivity contribution in [3.63, 3.8) is 0 Å². The molecule has 6 nitrogen and oxygen atoms in total. The minimum absolute atomic E-state index is 0.169. The van der Waals surface area contributed by atoms with Crippen molar-refractivity contribution in [1.29, 1.82) is 0 Å². The number of hydrogen-bond donors (Lipinski definition) is 2. The number of anilines is 1. The van der Waals surface area contributed by atoms with Gasteiger partial charge >= 0.3 is 0 Å². The maximum absolute atomic E-state index is 12.0. The minimum Gasteiger partial charge on any atom is -0.497 e. The van der Waals surface area contributed by atoms with Crippen molar-refractivity contribution in [2.75, 3.05) is 12.4 Å². The number of hydrogen-bond acceptors (Lipinski definition) is 4. The first-order valence-corrected chi connectivity index (χ1v) is 5.91. The summed E-state index contributed by atoms with van der Waals surface area (Å²) in [5, 5.41) is 6.52. The number of aryl methyl sites for hydroxylation is 1. The Balaban J connectivity index is 2.09. The van der Waals surface area contributed by atoms with Crippen LogP contribution < -0.4 is 15.5 Å². The summed E-state index contributed by atoms with van der Waals surface area (Å²) < 4.78 is 5.10. The highest BCUT2D eigenvalue weighted by Crippen LogP contribution is 2.21. The van der Waals surface area contributed by atoms with Crippen LogP contribution in [0.25, 0.3) is 0 Å². The highest BCUT2D eigenvalue weighted by atomic mass is 16.5. The fourth-order valence-electron chi connectivity index (χ4n) is 1.74. The van der Waals surface area contributed by atoms with Gasteiger partial charge in [-0.1, -0.05) is 0 Å². The van der Waals surface area contributed by atoms with Crippen molar-refractivity contribution >= 4 is 23.2 Å². The molecule has 1 heterocycles. The second-order valence-electron chi connectivity index (χ2n) is 4.23. The molecule has 0 saturated heterocycles. The van der Waals surface area contributed by atoms with Crippen molar-refractivity contribution in [3.05, 3.63) is 23.8 Å². The summed E-state index contributed by atoms with van der Waals surface area (Å²) >= 11 is 0. The lowest BCUT2D eigenvalue weighted by Gasteiger charge is -2.13. The molecule has 0 bridgehead atoms. The number of hydrazone groups is 1. The Morgan fingerprint density at radius 1 is 1.42 bits per heavy atom. The normalized spacial score (nSPS) is 14.4. The summed E-state index contributed by atoms with van der Waals surface area (Å²) in [5.74, 6) is 0.267. The molecule has 1 aromatic carbocycles. The molecule has 1 aliphatic rings. The van der Waals surface area contributed by atoms with E-state index in [4.69, 9.17) is 4.74 Å². The van der Waals surface area contributed by atoms with E-state index >= 15 is 0 Å². The van der Waals surface area contributed by atoms with Gasteiger partial charge in [0.1, 0.15) is 11.5 Å². The van der Waals surface area contributed by atoms with Gasteiger partial charge in [0, 0.05) is 18.5 Å². The molecular formula is C13H15N3O3. The lowest BCUT2D eigenvalue weighted by atomic mass is 10.1. The van der Waals surface area contributed by atoms with E-state index in [1.807, 2.05) is 13.0 Å². The van der Waals surface area contributed by atoms with Crippen LogP contribution in [0.5, 0.6) is 5.75 Å². The molecule has 0 aliphatic carbocycles. The number of rotatable bonds is 3. The van der Waals surface area contributed by atoms with Gasteiger partial charge in [-0.3, -0.25) is 9.59 Å². The van der Waals surface area contributed by atoms with Crippen LogP contribution >= 0.6 is 0 Å². The van der Waals surface area contributed by atoms with Crippen LogP contribution in [0.1, 0.15) is 18.4 Å². The van der Waals surface area contributed by atoms with Gasteiger partial charge in [-0.05, 0) is 30.7 Å². The molecule has 19 heavy (non-hydrogen) atoms. The molecule has 2 amide bonds. The Bertz CT molecular complexity index is 552. The molecule has 0 atom stereocenters. The predicted octanol–water partition coefficient (Wildman–Crippen LogP) is 1.21. The highest BCUT2D eigenvalue weighted by Gasteiger charge is 2.18. The first-order chi connectivity index (χ1) is 9.10. The largest absolute Gasteiger partial charge is 0.497 e. The topological polar surface area (TPSA) is 79.8 Å². The zero-order valence-corrected chi connectivity index (χ0v) is 10.8. The molecule has 0 fully saturated rings. The zero-order valence-electron chi connectivity index (χ0n) is 10.8. The lowest BCUT2D eigenvalue weighted by Crippen LogP contribution is -2.32. The third-order valence-corrected chi connectivity index (χ3v) is 2.85. The average molecular weight is 261 g/mol. The summed E-state index contributed by atoms with van der Waals surface area (Å²) in [7, 11) is 1.59. The molecule has 1 aromatic rings. The maximum Gasteiger partial charge on any atom is 0.271 e. The second-order valence-corrected chi connectivity index (χ2v) is 4.23. The van der Waals surface area contributed by atoms with Crippen LogP contribution in [0.15, 0.2) is 23.3 Å². The van der Waals surface area contributed by atoms with Gasteiger partial charge in [-0.2, -0.15) is 5.10 Å². The number of carbonyl (C=O) groups excluding carboxylic acids is 2. The van der Waals surface area contributed by atoms with E-state index in [0.29, 0.717) is 17.8 Å². The Morgan fingerprint density at radius 3 is 2.79 bits per heavy atom.